The molecule has 1 aliphatic rings. The van der Waals surface area contributed by atoms with Crippen LogP contribution >= 0.6 is 0 Å². The van der Waals surface area contributed by atoms with Gasteiger partial charge in [-0.25, -0.2) is 0 Å². The second-order valence-corrected chi connectivity index (χ2v) is 6.69. The number of ether oxygens (including phenoxy) is 1. The molecule has 2 heterocycles. The Morgan fingerprint density at radius 1 is 1.42 bits per heavy atom. The van der Waals surface area contributed by atoms with Crippen molar-refractivity contribution in [3.63, 3.8) is 0 Å². The van der Waals surface area contributed by atoms with Gasteiger partial charge in [0.05, 0.1) is 25.5 Å². The lowest BCUT2D eigenvalue weighted by Gasteiger charge is -2.38. The Hall–Kier alpha value is -1.60. The molecule has 1 aromatic rings. The highest BCUT2D eigenvalue weighted by molar-refractivity contribution is 5.79. The highest BCUT2D eigenvalue weighted by Gasteiger charge is 2.23. The molecular formula is C17H31N5O2. The molecule has 0 amide bonds. The fourth-order valence-corrected chi connectivity index (χ4v) is 2.83. The molecule has 24 heavy (non-hydrogen) atoms. The Kier molecular flexibility index (Phi) is 7.05. The van der Waals surface area contributed by atoms with Crippen LogP contribution < -0.4 is 10.6 Å². The maximum Gasteiger partial charge on any atom is 0.191 e. The molecule has 1 fully saturated rings. The van der Waals surface area contributed by atoms with E-state index < -0.39 is 0 Å². The van der Waals surface area contributed by atoms with Crippen molar-refractivity contribution in [2.75, 3.05) is 33.4 Å². The van der Waals surface area contributed by atoms with Crippen LogP contribution in [0.4, 0.5) is 0 Å². The minimum atomic E-state index is 0.372. The van der Waals surface area contributed by atoms with Crippen LogP contribution in [0.3, 0.4) is 0 Å². The third-order valence-corrected chi connectivity index (χ3v) is 4.37. The van der Waals surface area contributed by atoms with Crippen molar-refractivity contribution < 1.29 is 9.26 Å². The Morgan fingerprint density at radius 2 is 2.21 bits per heavy atom. The van der Waals surface area contributed by atoms with Gasteiger partial charge in [0, 0.05) is 38.3 Å². The maximum absolute atomic E-state index is 5.50. The highest BCUT2D eigenvalue weighted by atomic mass is 16.5. The lowest BCUT2D eigenvalue weighted by molar-refractivity contribution is -0.0174. The standard InChI is InChI=1S/C17H31N5O2/c1-12(2)16-8-15(24-21-16)10-20-17(18-5)19-9-13(3)22-6-7-23-11-14(22)4/h8,12-14H,6-7,9-11H2,1-5H3,(H2,18,19,20). The summed E-state index contributed by atoms with van der Waals surface area (Å²) >= 11 is 0. The lowest BCUT2D eigenvalue weighted by atomic mass is 10.1. The number of nitrogens with one attached hydrogen (secondary N) is 2. The largest absolute Gasteiger partial charge is 0.379 e. The fourth-order valence-electron chi connectivity index (χ4n) is 2.83. The smallest absolute Gasteiger partial charge is 0.191 e. The monoisotopic (exact) mass is 337 g/mol. The second kappa shape index (κ2) is 9.03. The molecule has 7 nitrogen and oxygen atoms in total. The molecule has 1 saturated heterocycles. The van der Waals surface area contributed by atoms with E-state index in [1.165, 1.54) is 0 Å². The summed E-state index contributed by atoms with van der Waals surface area (Å²) < 4.78 is 10.8. The van der Waals surface area contributed by atoms with Crippen molar-refractivity contribution in [1.82, 2.24) is 20.7 Å². The number of aromatic nitrogens is 1. The normalized spacial score (nSPS) is 21.1. The lowest BCUT2D eigenvalue weighted by Crippen LogP contribution is -2.52. The summed E-state index contributed by atoms with van der Waals surface area (Å²) in [5.74, 6) is 1.96. The molecule has 2 unspecified atom stereocenters. The fraction of sp³-hybridized carbons (Fsp3) is 0.765. The van der Waals surface area contributed by atoms with Gasteiger partial charge in [0.1, 0.15) is 0 Å². The Morgan fingerprint density at radius 3 is 2.83 bits per heavy atom. The van der Waals surface area contributed by atoms with E-state index >= 15 is 0 Å². The third-order valence-electron chi connectivity index (χ3n) is 4.37. The summed E-state index contributed by atoms with van der Waals surface area (Å²) in [6.07, 6.45) is 0. The number of guanidine groups is 1. The molecule has 2 atom stereocenters. The zero-order valence-electron chi connectivity index (χ0n) is 15.5. The van der Waals surface area contributed by atoms with E-state index in [1.807, 2.05) is 6.07 Å². The molecular weight excluding hydrogens is 306 g/mol. The molecule has 7 heteroatoms. The molecule has 1 aromatic heterocycles. The highest BCUT2D eigenvalue weighted by Crippen LogP contribution is 2.13. The van der Waals surface area contributed by atoms with Crippen molar-refractivity contribution in [2.24, 2.45) is 4.99 Å². The van der Waals surface area contributed by atoms with Crippen LogP contribution in [0.2, 0.25) is 0 Å². The predicted molar refractivity (Wildman–Crippen MR) is 95.2 cm³/mol. The van der Waals surface area contributed by atoms with Crippen LogP contribution in [-0.2, 0) is 11.3 Å². The topological polar surface area (TPSA) is 74.9 Å². The number of hydrogen-bond donors (Lipinski definition) is 2. The average molecular weight is 337 g/mol. The van der Waals surface area contributed by atoms with Crippen LogP contribution in [-0.4, -0.2) is 61.5 Å². The molecule has 0 radical (unpaired) electrons. The van der Waals surface area contributed by atoms with Crippen LogP contribution in [0.15, 0.2) is 15.6 Å². The number of morpholine rings is 1. The summed E-state index contributed by atoms with van der Waals surface area (Å²) in [5, 5.41) is 10.7. The minimum absolute atomic E-state index is 0.372. The molecule has 136 valence electrons. The predicted octanol–water partition coefficient (Wildman–Crippen LogP) is 1.57. The van der Waals surface area contributed by atoms with Gasteiger partial charge in [0.15, 0.2) is 11.7 Å². The Labute approximate surface area is 144 Å². The number of rotatable bonds is 6. The van der Waals surface area contributed by atoms with Gasteiger partial charge in [-0.15, -0.1) is 0 Å². The number of hydrogen-bond acceptors (Lipinski definition) is 5. The van der Waals surface area contributed by atoms with E-state index in [0.29, 0.717) is 24.5 Å². The molecule has 2 N–H and O–H groups in total. The first-order chi connectivity index (χ1) is 11.5. The molecule has 0 aliphatic carbocycles. The quantitative estimate of drug-likeness (QED) is 0.606. The maximum atomic E-state index is 5.50. The van der Waals surface area contributed by atoms with Crippen molar-refractivity contribution in [2.45, 2.75) is 52.2 Å². The zero-order chi connectivity index (χ0) is 17.5. The zero-order valence-corrected chi connectivity index (χ0v) is 15.5. The van der Waals surface area contributed by atoms with Gasteiger partial charge in [-0.3, -0.25) is 9.89 Å². The molecule has 0 saturated carbocycles. The molecule has 1 aliphatic heterocycles. The first-order valence-corrected chi connectivity index (χ1v) is 8.74. The van der Waals surface area contributed by atoms with Crippen LogP contribution in [0.5, 0.6) is 0 Å². The van der Waals surface area contributed by atoms with Crippen LogP contribution in [0.1, 0.15) is 45.1 Å². The third kappa shape index (κ3) is 5.21. The van der Waals surface area contributed by atoms with E-state index in [1.54, 1.807) is 7.05 Å². The number of nitrogens with zero attached hydrogens (tertiary/aromatic N) is 3. The summed E-state index contributed by atoms with van der Waals surface area (Å²) in [4.78, 5) is 6.74. The molecule has 0 aromatic carbocycles. The van der Waals surface area contributed by atoms with E-state index in [2.05, 4.69) is 53.4 Å². The second-order valence-electron chi connectivity index (χ2n) is 6.69. The van der Waals surface area contributed by atoms with E-state index in [9.17, 15) is 0 Å². The number of aliphatic imine (C=N–C) groups is 1. The van der Waals surface area contributed by atoms with E-state index in [0.717, 1.165) is 43.7 Å². The van der Waals surface area contributed by atoms with Crippen molar-refractivity contribution in [3.05, 3.63) is 17.5 Å². The van der Waals surface area contributed by atoms with Gasteiger partial charge in [-0.05, 0) is 19.8 Å². The van der Waals surface area contributed by atoms with Crippen molar-refractivity contribution in [1.29, 1.82) is 0 Å². The van der Waals surface area contributed by atoms with Gasteiger partial charge in [-0.1, -0.05) is 19.0 Å². The van der Waals surface area contributed by atoms with Gasteiger partial charge in [0.25, 0.3) is 0 Å². The Balaban J connectivity index is 1.77. The summed E-state index contributed by atoms with van der Waals surface area (Å²) in [6.45, 7) is 12.6. The minimum Gasteiger partial charge on any atom is -0.379 e. The van der Waals surface area contributed by atoms with Crippen LogP contribution in [0.25, 0.3) is 0 Å². The molecule has 2 rings (SSSR count). The van der Waals surface area contributed by atoms with Gasteiger partial charge in [-0.2, -0.15) is 0 Å². The first kappa shape index (κ1) is 18.7. The average Bonchev–Trinajstić information content (AvgIpc) is 3.04. The van der Waals surface area contributed by atoms with E-state index in [4.69, 9.17) is 9.26 Å². The van der Waals surface area contributed by atoms with E-state index in [-0.39, 0.29) is 0 Å². The molecule has 0 spiro atoms. The summed E-state index contributed by atoms with van der Waals surface area (Å²) in [7, 11) is 1.78. The summed E-state index contributed by atoms with van der Waals surface area (Å²) in [6, 6.07) is 2.86. The van der Waals surface area contributed by atoms with Crippen molar-refractivity contribution >= 4 is 5.96 Å². The van der Waals surface area contributed by atoms with Crippen molar-refractivity contribution in [3.8, 4) is 0 Å². The van der Waals surface area contributed by atoms with Gasteiger partial charge >= 0.3 is 0 Å². The van der Waals surface area contributed by atoms with Gasteiger partial charge in [0.2, 0.25) is 0 Å². The van der Waals surface area contributed by atoms with Crippen LogP contribution in [0, 0.1) is 0 Å². The van der Waals surface area contributed by atoms with Gasteiger partial charge < -0.3 is 19.9 Å². The first-order valence-electron chi connectivity index (χ1n) is 8.74. The SMILES string of the molecule is CN=C(NCc1cc(C(C)C)no1)NCC(C)N1CCOCC1C. The molecule has 0 bridgehead atoms. The Bertz CT molecular complexity index is 529. The summed E-state index contributed by atoms with van der Waals surface area (Å²) in [5.41, 5.74) is 0.977.